The molecule has 2 amide bonds. The van der Waals surface area contributed by atoms with E-state index in [4.69, 9.17) is 5.73 Å². The van der Waals surface area contributed by atoms with E-state index in [1.165, 1.54) is 11.3 Å². The molecule has 0 atom stereocenters. The molecule has 0 saturated heterocycles. The topological polar surface area (TPSA) is 124 Å². The molecule has 0 spiro atoms. The number of hydrogen-bond donors (Lipinski definition) is 3. The average Bonchev–Trinajstić information content (AvgIpc) is 3.26. The third kappa shape index (κ3) is 3.80. The zero-order valence-electron chi connectivity index (χ0n) is 14.7. The molecule has 2 heterocycles. The van der Waals surface area contributed by atoms with Gasteiger partial charge in [0.2, 0.25) is 5.13 Å². The van der Waals surface area contributed by atoms with Gasteiger partial charge in [-0.15, -0.1) is 20.4 Å². The molecule has 10 heteroatoms. The van der Waals surface area contributed by atoms with Crippen molar-refractivity contribution in [1.82, 2.24) is 30.3 Å². The van der Waals surface area contributed by atoms with Crippen LogP contribution >= 0.6 is 11.3 Å². The molecular weight excluding hydrogens is 352 g/mol. The minimum absolute atomic E-state index is 0.334. The van der Waals surface area contributed by atoms with Crippen molar-refractivity contribution in [3.8, 4) is 5.69 Å². The van der Waals surface area contributed by atoms with Gasteiger partial charge in [0.25, 0.3) is 0 Å². The second-order valence-electron chi connectivity index (χ2n) is 6.21. The van der Waals surface area contributed by atoms with Crippen LogP contribution < -0.4 is 16.4 Å². The number of aryl methyl sites for hydroxylation is 1. The van der Waals surface area contributed by atoms with Crippen molar-refractivity contribution in [2.24, 2.45) is 0 Å². The SMILES string of the molecule is CCc1ccc(-n2cnnc2)cc1NC(=O)NC(C)(C)c1nnc(N)s1. The Labute approximate surface area is 154 Å². The maximum atomic E-state index is 12.5. The summed E-state index contributed by atoms with van der Waals surface area (Å²) < 4.78 is 1.77. The lowest BCUT2D eigenvalue weighted by Crippen LogP contribution is -2.43. The lowest BCUT2D eigenvalue weighted by molar-refractivity contribution is 0.241. The lowest BCUT2D eigenvalue weighted by Gasteiger charge is -2.24. The fourth-order valence-corrected chi connectivity index (χ4v) is 3.13. The van der Waals surface area contributed by atoms with Gasteiger partial charge in [-0.05, 0) is 38.0 Å². The number of nitrogen functional groups attached to an aromatic ring is 1. The minimum atomic E-state index is -0.697. The van der Waals surface area contributed by atoms with Crippen LogP contribution in [-0.2, 0) is 12.0 Å². The van der Waals surface area contributed by atoms with Gasteiger partial charge in [0.05, 0.1) is 11.2 Å². The molecule has 2 aromatic heterocycles. The van der Waals surface area contributed by atoms with Gasteiger partial charge in [-0.3, -0.25) is 4.57 Å². The van der Waals surface area contributed by atoms with Gasteiger partial charge in [-0.2, -0.15) is 0 Å². The van der Waals surface area contributed by atoms with Gasteiger partial charge in [-0.25, -0.2) is 4.79 Å². The number of carbonyl (C=O) groups excluding carboxylic acids is 1. The Morgan fingerprint density at radius 3 is 2.62 bits per heavy atom. The highest BCUT2D eigenvalue weighted by atomic mass is 32.1. The third-order valence-corrected chi connectivity index (χ3v) is 4.92. The largest absolute Gasteiger partial charge is 0.374 e. The number of aromatic nitrogens is 5. The molecule has 9 nitrogen and oxygen atoms in total. The van der Waals surface area contributed by atoms with E-state index >= 15 is 0 Å². The van der Waals surface area contributed by atoms with Crippen molar-refractivity contribution in [2.45, 2.75) is 32.7 Å². The quantitative estimate of drug-likeness (QED) is 0.631. The van der Waals surface area contributed by atoms with Gasteiger partial charge in [-0.1, -0.05) is 24.3 Å². The highest BCUT2D eigenvalue weighted by molar-refractivity contribution is 7.15. The fraction of sp³-hybridized carbons (Fsp3) is 0.312. The summed E-state index contributed by atoms with van der Waals surface area (Å²) in [6.07, 6.45) is 4.00. The van der Waals surface area contributed by atoms with Gasteiger partial charge in [0, 0.05) is 5.69 Å². The number of urea groups is 1. The van der Waals surface area contributed by atoms with Crippen molar-refractivity contribution in [1.29, 1.82) is 0 Å². The van der Waals surface area contributed by atoms with E-state index in [1.807, 2.05) is 39.0 Å². The number of nitrogens with one attached hydrogen (secondary N) is 2. The van der Waals surface area contributed by atoms with Crippen LogP contribution in [0.25, 0.3) is 5.69 Å². The van der Waals surface area contributed by atoms with Crippen LogP contribution in [0.1, 0.15) is 31.3 Å². The summed E-state index contributed by atoms with van der Waals surface area (Å²) in [5, 5.41) is 22.3. The van der Waals surface area contributed by atoms with E-state index < -0.39 is 5.54 Å². The second-order valence-corrected chi connectivity index (χ2v) is 7.22. The van der Waals surface area contributed by atoms with Crippen LogP contribution in [0.4, 0.5) is 15.6 Å². The highest BCUT2D eigenvalue weighted by Crippen LogP contribution is 2.25. The number of amides is 2. The molecule has 1 aromatic carbocycles. The summed E-state index contributed by atoms with van der Waals surface area (Å²) >= 11 is 1.25. The number of benzene rings is 1. The number of hydrogen-bond acceptors (Lipinski definition) is 7. The monoisotopic (exact) mass is 372 g/mol. The van der Waals surface area contributed by atoms with Crippen LogP contribution in [0.5, 0.6) is 0 Å². The average molecular weight is 372 g/mol. The predicted molar refractivity (Wildman–Crippen MR) is 100 cm³/mol. The summed E-state index contributed by atoms with van der Waals surface area (Å²) in [6.45, 7) is 5.73. The first-order valence-corrected chi connectivity index (χ1v) is 8.87. The van der Waals surface area contributed by atoms with Gasteiger partial charge in [0.1, 0.15) is 17.7 Å². The second kappa shape index (κ2) is 7.08. The zero-order valence-corrected chi connectivity index (χ0v) is 15.5. The molecule has 0 aliphatic rings. The summed E-state index contributed by atoms with van der Waals surface area (Å²) in [5.41, 5.74) is 7.55. The smallest absolute Gasteiger partial charge is 0.320 e. The van der Waals surface area contributed by atoms with Gasteiger partial charge in [0.15, 0.2) is 0 Å². The summed E-state index contributed by atoms with van der Waals surface area (Å²) in [5.74, 6) is 0. The normalized spacial score (nSPS) is 11.3. The van der Waals surface area contributed by atoms with Crippen LogP contribution in [-0.4, -0.2) is 31.0 Å². The lowest BCUT2D eigenvalue weighted by atomic mass is 10.1. The van der Waals surface area contributed by atoms with Crippen LogP contribution in [0.15, 0.2) is 30.9 Å². The zero-order chi connectivity index (χ0) is 18.7. The summed E-state index contributed by atoms with van der Waals surface area (Å²) in [4.78, 5) is 12.5. The Bertz CT molecular complexity index is 903. The van der Waals surface area contributed by atoms with Crippen molar-refractivity contribution < 1.29 is 4.79 Å². The van der Waals surface area contributed by atoms with E-state index in [0.29, 0.717) is 10.1 Å². The number of nitrogens with zero attached hydrogens (tertiary/aromatic N) is 5. The predicted octanol–water partition coefficient (Wildman–Crippen LogP) is 2.32. The molecule has 4 N–H and O–H groups in total. The molecule has 3 rings (SSSR count). The van der Waals surface area contributed by atoms with Crippen molar-refractivity contribution in [2.75, 3.05) is 11.1 Å². The molecule has 136 valence electrons. The van der Waals surface area contributed by atoms with Crippen LogP contribution in [0.3, 0.4) is 0 Å². The molecule has 0 fully saturated rings. The maximum Gasteiger partial charge on any atom is 0.320 e. The third-order valence-electron chi connectivity index (χ3n) is 3.84. The molecule has 0 saturated carbocycles. The number of rotatable bonds is 5. The Kier molecular flexibility index (Phi) is 4.85. The molecule has 0 aliphatic carbocycles. The van der Waals surface area contributed by atoms with Crippen LogP contribution in [0.2, 0.25) is 0 Å². The molecule has 0 unspecified atom stereocenters. The Hall–Kier alpha value is -3.01. The van der Waals surface area contributed by atoms with Gasteiger partial charge < -0.3 is 16.4 Å². The highest BCUT2D eigenvalue weighted by Gasteiger charge is 2.27. The van der Waals surface area contributed by atoms with Crippen molar-refractivity contribution in [3.05, 3.63) is 41.4 Å². The van der Waals surface area contributed by atoms with Crippen molar-refractivity contribution >= 4 is 28.2 Å². The molecule has 26 heavy (non-hydrogen) atoms. The Balaban J connectivity index is 1.79. The van der Waals surface area contributed by atoms with E-state index in [0.717, 1.165) is 23.4 Å². The number of nitrogens with two attached hydrogens (primary N) is 1. The Morgan fingerprint density at radius 2 is 2.00 bits per heavy atom. The molecule has 0 aliphatic heterocycles. The molecule has 3 aromatic rings. The van der Waals surface area contributed by atoms with E-state index in [2.05, 4.69) is 31.0 Å². The Morgan fingerprint density at radius 1 is 1.27 bits per heavy atom. The summed E-state index contributed by atoms with van der Waals surface area (Å²) in [7, 11) is 0. The number of anilines is 2. The van der Waals surface area contributed by atoms with Crippen molar-refractivity contribution in [3.63, 3.8) is 0 Å². The van der Waals surface area contributed by atoms with Crippen LogP contribution in [0, 0.1) is 0 Å². The summed E-state index contributed by atoms with van der Waals surface area (Å²) in [6, 6.07) is 5.48. The molecule has 0 radical (unpaired) electrons. The van der Waals surface area contributed by atoms with Gasteiger partial charge >= 0.3 is 6.03 Å². The number of carbonyl (C=O) groups is 1. The van der Waals surface area contributed by atoms with E-state index in [-0.39, 0.29) is 6.03 Å². The van der Waals surface area contributed by atoms with E-state index in [9.17, 15) is 4.79 Å². The minimum Gasteiger partial charge on any atom is -0.374 e. The molecule has 0 bridgehead atoms. The maximum absolute atomic E-state index is 12.5. The fourth-order valence-electron chi connectivity index (χ4n) is 2.46. The standard InChI is InChI=1S/C16H20N8OS/c1-4-10-5-6-11(24-8-18-19-9-24)7-12(10)20-15(25)21-16(2,3)13-22-23-14(17)26-13/h5-9H,4H2,1-3H3,(H2,17,23)(H2,20,21,25). The first-order valence-electron chi connectivity index (χ1n) is 8.05. The molecular formula is C16H20N8OS. The first kappa shape index (κ1) is 17.8. The van der Waals surface area contributed by atoms with E-state index in [1.54, 1.807) is 17.2 Å². The first-order chi connectivity index (χ1) is 12.4.